The van der Waals surface area contributed by atoms with Crippen molar-refractivity contribution in [3.63, 3.8) is 0 Å². The van der Waals surface area contributed by atoms with Crippen LogP contribution in [0.3, 0.4) is 0 Å². The normalized spacial score (nSPS) is 17.1. The molecule has 1 unspecified atom stereocenters. The van der Waals surface area contributed by atoms with E-state index >= 15 is 0 Å². The van der Waals surface area contributed by atoms with Crippen LogP contribution in [-0.4, -0.2) is 44.7 Å². The quantitative estimate of drug-likeness (QED) is 0.781. The molecular weight excluding hydrogens is 288 g/mol. The van der Waals surface area contributed by atoms with Crippen molar-refractivity contribution in [3.05, 3.63) is 0 Å². The largest absolute Gasteiger partial charge is 0.481 e. The summed E-state index contributed by atoms with van der Waals surface area (Å²) in [5, 5.41) is 18.2. The molecule has 1 aromatic rings. The summed E-state index contributed by atoms with van der Waals surface area (Å²) >= 11 is 1.26. The molecule has 1 N–H and O–H groups in total. The highest BCUT2D eigenvalue weighted by atomic mass is 32.2. The van der Waals surface area contributed by atoms with Gasteiger partial charge in [-0.15, -0.1) is 10.2 Å². The van der Waals surface area contributed by atoms with Crippen LogP contribution in [-0.2, 0) is 4.79 Å². The summed E-state index contributed by atoms with van der Waals surface area (Å²) in [6.07, 6.45) is 5.72. The second-order valence-electron chi connectivity index (χ2n) is 5.64. The van der Waals surface area contributed by atoms with E-state index in [2.05, 4.69) is 33.5 Å². The van der Waals surface area contributed by atoms with Gasteiger partial charge in [-0.2, -0.15) is 0 Å². The van der Waals surface area contributed by atoms with Crippen molar-refractivity contribution in [1.82, 2.24) is 14.8 Å². The van der Waals surface area contributed by atoms with E-state index in [0.717, 1.165) is 30.4 Å². The van der Waals surface area contributed by atoms with Gasteiger partial charge in [0.2, 0.25) is 5.95 Å². The Morgan fingerprint density at radius 2 is 2.14 bits per heavy atom. The monoisotopic (exact) mass is 312 g/mol. The van der Waals surface area contributed by atoms with E-state index in [4.69, 9.17) is 5.11 Å². The standard InChI is InChI=1S/C14H24N4O2S/c1-4-10(2)17(3)13-15-16-14(21-9-12(19)20)18(13)11-7-5-6-8-11/h10-11H,4-9H2,1-3H3,(H,19,20). The Morgan fingerprint density at radius 1 is 1.48 bits per heavy atom. The van der Waals surface area contributed by atoms with Crippen molar-refractivity contribution in [2.45, 2.75) is 63.2 Å². The van der Waals surface area contributed by atoms with Crippen LogP contribution in [0.15, 0.2) is 5.16 Å². The summed E-state index contributed by atoms with van der Waals surface area (Å²) in [5.74, 6) is 0.0692. The van der Waals surface area contributed by atoms with Gasteiger partial charge in [0.25, 0.3) is 0 Å². The SMILES string of the molecule is CCC(C)N(C)c1nnc(SCC(=O)O)n1C1CCCC1. The summed E-state index contributed by atoms with van der Waals surface area (Å²) < 4.78 is 2.16. The molecule has 0 bridgehead atoms. The highest BCUT2D eigenvalue weighted by Crippen LogP contribution is 2.36. The molecule has 0 amide bonds. The number of nitrogens with zero attached hydrogens (tertiary/aromatic N) is 4. The summed E-state index contributed by atoms with van der Waals surface area (Å²) in [7, 11) is 2.04. The zero-order valence-corrected chi connectivity index (χ0v) is 13.8. The molecule has 118 valence electrons. The first-order valence-corrected chi connectivity index (χ1v) is 8.55. The molecule has 1 atom stereocenters. The molecule has 1 heterocycles. The van der Waals surface area contributed by atoms with Gasteiger partial charge in [0.15, 0.2) is 5.16 Å². The summed E-state index contributed by atoms with van der Waals surface area (Å²) in [6, 6.07) is 0.782. The third kappa shape index (κ3) is 3.70. The smallest absolute Gasteiger partial charge is 0.313 e. The molecule has 7 heteroatoms. The fraction of sp³-hybridized carbons (Fsp3) is 0.786. The average molecular weight is 312 g/mol. The van der Waals surface area contributed by atoms with E-state index in [1.807, 2.05) is 7.05 Å². The first-order chi connectivity index (χ1) is 10.0. The molecule has 21 heavy (non-hydrogen) atoms. The van der Waals surface area contributed by atoms with E-state index in [-0.39, 0.29) is 5.75 Å². The lowest BCUT2D eigenvalue weighted by Crippen LogP contribution is -2.31. The van der Waals surface area contributed by atoms with Crippen molar-refractivity contribution in [3.8, 4) is 0 Å². The van der Waals surface area contributed by atoms with Gasteiger partial charge in [-0.05, 0) is 26.2 Å². The maximum atomic E-state index is 10.8. The molecule has 1 saturated carbocycles. The molecule has 1 aliphatic carbocycles. The first-order valence-electron chi connectivity index (χ1n) is 7.56. The van der Waals surface area contributed by atoms with Gasteiger partial charge >= 0.3 is 5.97 Å². The Morgan fingerprint density at radius 3 is 2.71 bits per heavy atom. The Balaban J connectivity index is 2.28. The predicted octanol–water partition coefficient (Wildman–Crippen LogP) is 2.80. The number of aliphatic carboxylic acids is 1. The fourth-order valence-electron chi connectivity index (χ4n) is 2.69. The van der Waals surface area contributed by atoms with E-state index in [9.17, 15) is 4.79 Å². The molecule has 1 aromatic heterocycles. The van der Waals surface area contributed by atoms with Crippen molar-refractivity contribution < 1.29 is 9.90 Å². The van der Waals surface area contributed by atoms with Gasteiger partial charge in [-0.1, -0.05) is 31.5 Å². The second-order valence-corrected chi connectivity index (χ2v) is 6.58. The highest BCUT2D eigenvalue weighted by molar-refractivity contribution is 7.99. The van der Waals surface area contributed by atoms with Gasteiger partial charge in [-0.3, -0.25) is 9.36 Å². The van der Waals surface area contributed by atoms with Crippen molar-refractivity contribution in [1.29, 1.82) is 0 Å². The first kappa shape index (κ1) is 16.1. The molecule has 1 aliphatic rings. The van der Waals surface area contributed by atoms with Crippen LogP contribution in [0.2, 0.25) is 0 Å². The minimum Gasteiger partial charge on any atom is -0.481 e. The Hall–Kier alpha value is -1.24. The number of hydrogen-bond acceptors (Lipinski definition) is 5. The molecule has 0 saturated heterocycles. The number of carboxylic acids is 1. The lowest BCUT2D eigenvalue weighted by Gasteiger charge is -2.27. The Bertz CT molecular complexity index is 485. The molecule has 0 aromatic carbocycles. The van der Waals surface area contributed by atoms with E-state index in [0.29, 0.717) is 12.1 Å². The maximum Gasteiger partial charge on any atom is 0.313 e. The number of hydrogen-bond donors (Lipinski definition) is 1. The van der Waals surface area contributed by atoms with Gasteiger partial charge in [0, 0.05) is 19.1 Å². The fourth-order valence-corrected chi connectivity index (χ4v) is 3.41. The van der Waals surface area contributed by atoms with Crippen LogP contribution in [0.4, 0.5) is 5.95 Å². The van der Waals surface area contributed by atoms with Gasteiger partial charge < -0.3 is 10.0 Å². The molecule has 0 spiro atoms. The molecule has 0 radical (unpaired) electrons. The number of carbonyl (C=O) groups is 1. The van der Waals surface area contributed by atoms with Gasteiger partial charge in [0.1, 0.15) is 0 Å². The lowest BCUT2D eigenvalue weighted by atomic mass is 10.2. The maximum absolute atomic E-state index is 10.8. The minimum atomic E-state index is -0.821. The van der Waals surface area contributed by atoms with Crippen LogP contribution in [0.25, 0.3) is 0 Å². The minimum absolute atomic E-state index is 0.0257. The molecule has 1 fully saturated rings. The van der Waals surface area contributed by atoms with Crippen molar-refractivity contribution >= 4 is 23.7 Å². The van der Waals surface area contributed by atoms with Gasteiger partial charge in [0.05, 0.1) is 5.75 Å². The summed E-state index contributed by atoms with van der Waals surface area (Å²) in [5.41, 5.74) is 0. The summed E-state index contributed by atoms with van der Waals surface area (Å²) in [6.45, 7) is 4.31. The van der Waals surface area contributed by atoms with Crippen molar-refractivity contribution in [2.75, 3.05) is 17.7 Å². The average Bonchev–Trinajstić information content (AvgIpc) is 3.11. The van der Waals surface area contributed by atoms with Crippen LogP contribution in [0, 0.1) is 0 Å². The second kappa shape index (κ2) is 7.15. The molecule has 0 aliphatic heterocycles. The third-order valence-electron chi connectivity index (χ3n) is 4.23. The number of rotatable bonds is 7. The van der Waals surface area contributed by atoms with Crippen LogP contribution in [0.5, 0.6) is 0 Å². The van der Waals surface area contributed by atoms with Crippen LogP contribution in [0.1, 0.15) is 52.0 Å². The van der Waals surface area contributed by atoms with Crippen molar-refractivity contribution in [2.24, 2.45) is 0 Å². The number of aromatic nitrogens is 3. The molecule has 6 nitrogen and oxygen atoms in total. The Kier molecular flexibility index (Phi) is 5.50. The highest BCUT2D eigenvalue weighted by Gasteiger charge is 2.27. The molecule has 2 rings (SSSR count). The Labute approximate surface area is 129 Å². The lowest BCUT2D eigenvalue weighted by molar-refractivity contribution is -0.133. The van der Waals surface area contributed by atoms with E-state index in [1.54, 1.807) is 0 Å². The predicted molar refractivity (Wildman–Crippen MR) is 84.0 cm³/mol. The summed E-state index contributed by atoms with van der Waals surface area (Å²) in [4.78, 5) is 13.0. The number of thioether (sulfide) groups is 1. The number of carboxylic acid groups (broad SMARTS) is 1. The van der Waals surface area contributed by atoms with Crippen LogP contribution < -0.4 is 4.90 Å². The zero-order valence-electron chi connectivity index (χ0n) is 12.9. The van der Waals surface area contributed by atoms with E-state index in [1.165, 1.54) is 24.6 Å². The van der Waals surface area contributed by atoms with E-state index < -0.39 is 5.97 Å². The zero-order chi connectivity index (χ0) is 15.4. The number of anilines is 1. The molecular formula is C14H24N4O2S. The topological polar surface area (TPSA) is 71.2 Å². The third-order valence-corrected chi connectivity index (χ3v) is 5.16. The van der Waals surface area contributed by atoms with Crippen LogP contribution >= 0.6 is 11.8 Å². The van der Waals surface area contributed by atoms with Gasteiger partial charge in [-0.25, -0.2) is 0 Å².